The van der Waals surface area contributed by atoms with Crippen molar-refractivity contribution in [2.24, 2.45) is 9.98 Å². The first kappa shape index (κ1) is 20.4. The zero-order valence-corrected chi connectivity index (χ0v) is 16.6. The fourth-order valence-electron chi connectivity index (χ4n) is 2.91. The molecule has 6 nitrogen and oxygen atoms in total. The molecular formula is C21H26N4O2. The van der Waals surface area contributed by atoms with E-state index in [4.69, 9.17) is 10.00 Å². The maximum Gasteiger partial charge on any atom is 0.415 e. The van der Waals surface area contributed by atoms with Crippen molar-refractivity contribution in [2.45, 2.75) is 52.2 Å². The van der Waals surface area contributed by atoms with Crippen LogP contribution in [0.1, 0.15) is 51.2 Å². The maximum absolute atomic E-state index is 12.6. The van der Waals surface area contributed by atoms with E-state index in [0.717, 1.165) is 11.3 Å². The van der Waals surface area contributed by atoms with Crippen molar-refractivity contribution >= 4 is 18.1 Å². The highest BCUT2D eigenvalue weighted by molar-refractivity contribution is 6.01. The van der Waals surface area contributed by atoms with E-state index in [2.05, 4.69) is 36.0 Å². The summed E-state index contributed by atoms with van der Waals surface area (Å²) in [5.74, 6) is 0.574. The minimum atomic E-state index is -0.404. The number of benzene rings is 1. The number of hydrogen-bond donors (Lipinski definition) is 0. The van der Waals surface area contributed by atoms with Crippen LogP contribution in [0.5, 0.6) is 0 Å². The van der Waals surface area contributed by atoms with Gasteiger partial charge in [-0.2, -0.15) is 5.26 Å². The quantitative estimate of drug-likeness (QED) is 0.571. The second-order valence-corrected chi connectivity index (χ2v) is 7.25. The Hall–Kier alpha value is -2.94. The van der Waals surface area contributed by atoms with Crippen LogP contribution in [-0.4, -0.2) is 35.6 Å². The van der Waals surface area contributed by atoms with Crippen LogP contribution >= 0.6 is 0 Å². The minimum absolute atomic E-state index is 0.105. The van der Waals surface area contributed by atoms with Crippen molar-refractivity contribution in [1.29, 1.82) is 5.26 Å². The summed E-state index contributed by atoms with van der Waals surface area (Å²) >= 11 is 0. The molecule has 142 valence electrons. The highest BCUT2D eigenvalue weighted by atomic mass is 16.6. The van der Waals surface area contributed by atoms with E-state index in [0.29, 0.717) is 12.3 Å². The number of amidine groups is 1. The first-order chi connectivity index (χ1) is 12.8. The molecule has 27 heavy (non-hydrogen) atoms. The van der Waals surface area contributed by atoms with Crippen LogP contribution in [0.4, 0.5) is 4.79 Å². The van der Waals surface area contributed by atoms with E-state index < -0.39 is 5.54 Å². The Morgan fingerprint density at radius 2 is 2.00 bits per heavy atom. The van der Waals surface area contributed by atoms with Crippen LogP contribution in [-0.2, 0) is 11.3 Å². The Balaban J connectivity index is 1.96. The van der Waals surface area contributed by atoms with Crippen LogP contribution < -0.4 is 0 Å². The maximum atomic E-state index is 12.6. The lowest BCUT2D eigenvalue weighted by Gasteiger charge is -2.45. The van der Waals surface area contributed by atoms with Gasteiger partial charge in [0.05, 0.1) is 5.54 Å². The van der Waals surface area contributed by atoms with Crippen molar-refractivity contribution in [1.82, 2.24) is 4.90 Å². The summed E-state index contributed by atoms with van der Waals surface area (Å²) in [6, 6.07) is 9.98. The Morgan fingerprint density at radius 1 is 1.33 bits per heavy atom. The van der Waals surface area contributed by atoms with E-state index in [-0.39, 0.29) is 18.5 Å². The summed E-state index contributed by atoms with van der Waals surface area (Å²) < 4.78 is 5.49. The Kier molecular flexibility index (Phi) is 6.51. The molecule has 0 bridgehead atoms. The Bertz CT molecular complexity index is 812. The third kappa shape index (κ3) is 5.04. The van der Waals surface area contributed by atoms with Gasteiger partial charge in [0, 0.05) is 25.4 Å². The van der Waals surface area contributed by atoms with Gasteiger partial charge >= 0.3 is 6.09 Å². The highest BCUT2D eigenvalue weighted by Crippen LogP contribution is 2.35. The van der Waals surface area contributed by atoms with Crippen molar-refractivity contribution in [3.05, 3.63) is 47.2 Å². The molecule has 1 heterocycles. The molecule has 0 aromatic heterocycles. The second kappa shape index (κ2) is 8.63. The molecule has 0 spiro atoms. The number of ether oxygens (including phenoxy) is 1. The van der Waals surface area contributed by atoms with Gasteiger partial charge in [-0.15, -0.1) is 0 Å². The molecule has 0 radical (unpaired) electrons. The molecule has 1 aliphatic rings. The minimum Gasteiger partial charge on any atom is -0.444 e. The summed E-state index contributed by atoms with van der Waals surface area (Å²) in [4.78, 5) is 21.9. The monoisotopic (exact) mass is 366 g/mol. The van der Waals surface area contributed by atoms with Gasteiger partial charge in [-0.25, -0.2) is 9.79 Å². The number of nitriles is 1. The molecule has 1 aromatic rings. The first-order valence-corrected chi connectivity index (χ1v) is 8.95. The predicted octanol–water partition coefficient (Wildman–Crippen LogP) is 4.44. The third-order valence-electron chi connectivity index (χ3n) is 4.40. The van der Waals surface area contributed by atoms with E-state index in [9.17, 15) is 4.79 Å². The predicted molar refractivity (Wildman–Crippen MR) is 107 cm³/mol. The van der Waals surface area contributed by atoms with Gasteiger partial charge in [0.2, 0.25) is 5.84 Å². The molecule has 0 fully saturated rings. The van der Waals surface area contributed by atoms with Crippen molar-refractivity contribution in [3.63, 3.8) is 0 Å². The number of rotatable bonds is 5. The standard InChI is InChI=1S/C21H26N4O2/c1-15(2)17-8-6-16(7-9-17)14-27-20(26)25-18(12-21(25,3)4)10-11-24-19(13-22)23-5/h6-9,11-12,15H,10,14H2,1-5H3/b23-19-,24-11-. The highest BCUT2D eigenvalue weighted by Gasteiger charge is 2.41. The summed E-state index contributed by atoms with van der Waals surface area (Å²) in [5, 5.41) is 8.82. The molecule has 1 aromatic carbocycles. The van der Waals surface area contributed by atoms with E-state index in [1.165, 1.54) is 12.6 Å². The van der Waals surface area contributed by atoms with Gasteiger partial charge in [0.25, 0.3) is 0 Å². The smallest absolute Gasteiger partial charge is 0.415 e. The number of amides is 1. The number of carbonyl (C=O) groups excluding carboxylic acids is 1. The molecule has 1 amide bonds. The number of hydrogen-bond acceptors (Lipinski definition) is 4. The zero-order chi connectivity index (χ0) is 20.0. The normalized spacial score (nSPS) is 16.1. The third-order valence-corrected chi connectivity index (χ3v) is 4.40. The lowest BCUT2D eigenvalue weighted by Crippen LogP contribution is -2.53. The molecule has 6 heteroatoms. The number of allylic oxidation sites excluding steroid dienone is 1. The molecule has 0 atom stereocenters. The SMILES string of the molecule is C/N=C(C#N)\N=C/CC1=CC(C)(C)N1C(=O)OCc1ccc(C(C)C)cc1. The molecule has 0 N–H and O–H groups in total. The van der Waals surface area contributed by atoms with E-state index in [1.54, 1.807) is 11.1 Å². The average Bonchev–Trinajstić information content (AvgIpc) is 2.62. The zero-order valence-electron chi connectivity index (χ0n) is 16.6. The fourth-order valence-corrected chi connectivity index (χ4v) is 2.91. The topological polar surface area (TPSA) is 78.0 Å². The summed E-state index contributed by atoms with van der Waals surface area (Å²) in [5.41, 5.74) is 2.61. The largest absolute Gasteiger partial charge is 0.444 e. The summed E-state index contributed by atoms with van der Waals surface area (Å²) in [6.07, 6.45) is 3.62. The summed E-state index contributed by atoms with van der Waals surface area (Å²) in [6.45, 7) is 8.40. The van der Waals surface area contributed by atoms with Crippen molar-refractivity contribution in [3.8, 4) is 6.07 Å². The van der Waals surface area contributed by atoms with Gasteiger partial charge in [-0.05, 0) is 37.0 Å². The van der Waals surface area contributed by atoms with Crippen LogP contribution in [0.15, 0.2) is 46.0 Å². The van der Waals surface area contributed by atoms with Crippen molar-refractivity contribution in [2.75, 3.05) is 7.05 Å². The van der Waals surface area contributed by atoms with Crippen LogP contribution in [0, 0.1) is 11.3 Å². The molecule has 0 aliphatic carbocycles. The van der Waals surface area contributed by atoms with Gasteiger partial charge < -0.3 is 4.74 Å². The summed E-state index contributed by atoms with van der Waals surface area (Å²) in [7, 11) is 1.51. The second-order valence-electron chi connectivity index (χ2n) is 7.25. The van der Waals surface area contributed by atoms with E-state index >= 15 is 0 Å². The van der Waals surface area contributed by atoms with Crippen molar-refractivity contribution < 1.29 is 9.53 Å². The first-order valence-electron chi connectivity index (χ1n) is 8.95. The molecule has 0 saturated carbocycles. The van der Waals surface area contributed by atoms with Crippen LogP contribution in [0.25, 0.3) is 0 Å². The molecule has 0 saturated heterocycles. The fraction of sp³-hybridized carbons (Fsp3) is 0.429. The van der Waals surface area contributed by atoms with Gasteiger partial charge in [0.1, 0.15) is 12.7 Å². The van der Waals surface area contributed by atoms with Crippen LogP contribution in [0.2, 0.25) is 0 Å². The van der Waals surface area contributed by atoms with E-state index in [1.807, 2.05) is 38.1 Å². The van der Waals surface area contributed by atoms with Gasteiger partial charge in [0.15, 0.2) is 0 Å². The van der Waals surface area contributed by atoms with Gasteiger partial charge in [-0.1, -0.05) is 38.1 Å². The lowest BCUT2D eigenvalue weighted by atomic mass is 9.91. The molecule has 0 unspecified atom stereocenters. The van der Waals surface area contributed by atoms with Crippen LogP contribution in [0.3, 0.4) is 0 Å². The molecular weight excluding hydrogens is 340 g/mol. The molecule has 1 aliphatic heterocycles. The lowest BCUT2D eigenvalue weighted by molar-refractivity contribution is 0.0719. The molecule has 2 rings (SSSR count). The number of carbonyl (C=O) groups is 1. The number of nitrogens with zero attached hydrogens (tertiary/aromatic N) is 4. The average molecular weight is 366 g/mol. The Morgan fingerprint density at radius 3 is 2.52 bits per heavy atom. The number of aliphatic imine (C=N–C) groups is 2. The Labute approximate surface area is 160 Å². The van der Waals surface area contributed by atoms with Gasteiger partial charge in [-0.3, -0.25) is 9.89 Å².